The van der Waals surface area contributed by atoms with Crippen LogP contribution >= 0.6 is 0 Å². The van der Waals surface area contributed by atoms with Crippen LogP contribution in [-0.2, 0) is 9.47 Å². The Morgan fingerprint density at radius 3 is 1.17 bits per heavy atom. The fourth-order valence-electron chi connectivity index (χ4n) is 0.440. The van der Waals surface area contributed by atoms with E-state index in [4.69, 9.17) is 24.5 Å². The first-order valence-corrected chi connectivity index (χ1v) is 2.77. The van der Waals surface area contributed by atoms with E-state index in [1.807, 2.05) is 0 Å². The maximum absolute atomic E-state index is 8.33. The van der Waals surface area contributed by atoms with E-state index in [1.54, 1.807) is 0 Å². The van der Waals surface area contributed by atoms with Crippen LogP contribution in [0.2, 0.25) is 0 Å². The van der Waals surface area contributed by atoms with Gasteiger partial charge >= 0.3 is 59.1 Å². The summed E-state index contributed by atoms with van der Waals surface area (Å²) in [6, 6.07) is 0. The van der Waals surface area contributed by atoms with Crippen molar-refractivity contribution in [2.24, 2.45) is 0 Å². The Hall–Kier alpha value is 1.19. The Morgan fingerprint density at radius 2 is 1.08 bits per heavy atom. The summed E-state index contributed by atoms with van der Waals surface area (Å²) in [4.78, 5) is 8.33. The molecule has 0 aromatic rings. The molecule has 5 nitrogen and oxygen atoms in total. The van der Waals surface area contributed by atoms with Gasteiger partial charge in [0.1, 0.15) is 0 Å². The van der Waals surface area contributed by atoms with Gasteiger partial charge in [-0.3, -0.25) is 0 Å². The fourth-order valence-corrected chi connectivity index (χ4v) is 0.440. The van der Waals surface area contributed by atoms with E-state index >= 15 is 0 Å². The zero-order chi connectivity index (χ0) is 7.82. The predicted octanol–water partition coefficient (Wildman–Crippen LogP) is -8.41. The van der Waals surface area contributed by atoms with Crippen molar-refractivity contribution in [3.05, 3.63) is 0 Å². The van der Waals surface area contributed by atoms with Gasteiger partial charge in [-0.15, -0.1) is 0 Å². The van der Waals surface area contributed by atoms with Crippen LogP contribution in [0.3, 0.4) is 0 Å². The average Bonchev–Trinajstić information content (AvgIpc) is 1.90. The van der Waals surface area contributed by atoms with Crippen LogP contribution in [0.4, 0.5) is 4.79 Å². The first-order valence-electron chi connectivity index (χ1n) is 2.77. The number of hydrogen-bond acceptors (Lipinski definition) is 5. The maximum Gasteiger partial charge on any atom is 1.00 e. The SMILES string of the molecule is C1COCCO1.O=C([O-])[O-].[Na+].[Na+]. The molecule has 12 heavy (non-hydrogen) atoms. The van der Waals surface area contributed by atoms with E-state index in [1.165, 1.54) is 0 Å². The van der Waals surface area contributed by atoms with Crippen LogP contribution in [0, 0.1) is 0 Å². The molecule has 0 bridgehead atoms. The molecule has 0 saturated carbocycles. The Labute approximate surface area is 115 Å². The summed E-state index contributed by atoms with van der Waals surface area (Å²) in [5.41, 5.74) is 0. The molecule has 0 spiro atoms. The summed E-state index contributed by atoms with van der Waals surface area (Å²) in [7, 11) is 0. The smallest absolute Gasteiger partial charge is 0.652 e. The molecule has 0 atom stereocenters. The summed E-state index contributed by atoms with van der Waals surface area (Å²) >= 11 is 0. The number of hydrogen-bond donors (Lipinski definition) is 0. The van der Waals surface area contributed by atoms with E-state index in [0.29, 0.717) is 0 Å². The van der Waals surface area contributed by atoms with Crippen LogP contribution in [-0.4, -0.2) is 32.6 Å². The summed E-state index contributed by atoms with van der Waals surface area (Å²) in [5.74, 6) is 0. The molecule has 0 aliphatic carbocycles. The molecule has 1 heterocycles. The van der Waals surface area contributed by atoms with Gasteiger partial charge in [0, 0.05) is 0 Å². The van der Waals surface area contributed by atoms with Gasteiger partial charge in [-0.2, -0.15) is 0 Å². The first kappa shape index (κ1) is 18.9. The third-order valence-corrected chi connectivity index (χ3v) is 0.744. The number of carboxylic acid groups (broad SMARTS) is 2. The van der Waals surface area contributed by atoms with Gasteiger partial charge in [0.15, 0.2) is 0 Å². The predicted molar refractivity (Wildman–Crippen MR) is 27.0 cm³/mol. The number of carbonyl (C=O) groups excluding carboxylic acids is 1. The van der Waals surface area contributed by atoms with Crippen molar-refractivity contribution in [3.63, 3.8) is 0 Å². The molecule has 1 saturated heterocycles. The molecular formula is C5H8Na2O5. The second-order valence-corrected chi connectivity index (χ2v) is 1.47. The molecule has 7 heteroatoms. The number of ether oxygens (including phenoxy) is 2. The topological polar surface area (TPSA) is 81.7 Å². The normalized spacial score (nSPS) is 14.0. The third kappa shape index (κ3) is 22.5. The molecule has 0 N–H and O–H groups in total. The molecular weight excluding hydrogens is 186 g/mol. The van der Waals surface area contributed by atoms with Gasteiger partial charge in [-0.1, -0.05) is 0 Å². The van der Waals surface area contributed by atoms with Crippen molar-refractivity contribution in [2.45, 2.75) is 0 Å². The number of rotatable bonds is 0. The largest absolute Gasteiger partial charge is 1.00 e. The van der Waals surface area contributed by atoms with E-state index in [2.05, 4.69) is 0 Å². The van der Waals surface area contributed by atoms with E-state index in [9.17, 15) is 0 Å². The standard InChI is InChI=1S/C4H8O2.CH2O3.2Na/c1-2-6-4-3-5-1;2-1(3)4;;/h1-4H2;(H2,2,3,4);;/q;;2*+1/p-2. The molecule has 0 aromatic carbocycles. The van der Waals surface area contributed by atoms with Gasteiger partial charge in [0.05, 0.1) is 26.4 Å². The van der Waals surface area contributed by atoms with Gasteiger partial charge in [0.2, 0.25) is 0 Å². The van der Waals surface area contributed by atoms with Crippen molar-refractivity contribution < 1.29 is 83.6 Å². The molecule has 1 aliphatic heterocycles. The Kier molecular flexibility index (Phi) is 23.1. The van der Waals surface area contributed by atoms with Crippen LogP contribution < -0.4 is 69.3 Å². The molecule has 0 aromatic heterocycles. The van der Waals surface area contributed by atoms with Gasteiger partial charge < -0.3 is 24.5 Å². The summed E-state index contributed by atoms with van der Waals surface area (Å²) in [5, 5.41) is 16.7. The zero-order valence-corrected chi connectivity index (χ0v) is 11.4. The minimum absolute atomic E-state index is 0. The summed E-state index contributed by atoms with van der Waals surface area (Å²) < 4.78 is 9.89. The average molecular weight is 194 g/mol. The second-order valence-electron chi connectivity index (χ2n) is 1.47. The fraction of sp³-hybridized carbons (Fsp3) is 0.800. The maximum atomic E-state index is 8.33. The number of carbonyl (C=O) groups is 1. The van der Waals surface area contributed by atoms with Gasteiger partial charge in [-0.25, -0.2) is 0 Å². The Balaban J connectivity index is -0.000000124. The molecule has 0 radical (unpaired) electrons. The summed E-state index contributed by atoms with van der Waals surface area (Å²) in [6.07, 6.45) is -2.33. The third-order valence-electron chi connectivity index (χ3n) is 0.744. The zero-order valence-electron chi connectivity index (χ0n) is 7.37. The minimum atomic E-state index is -2.33. The van der Waals surface area contributed by atoms with Gasteiger partial charge in [-0.05, 0) is 6.16 Å². The van der Waals surface area contributed by atoms with E-state index in [0.717, 1.165) is 26.4 Å². The Morgan fingerprint density at radius 1 is 0.917 bits per heavy atom. The molecule has 1 fully saturated rings. The van der Waals surface area contributed by atoms with Crippen molar-refractivity contribution >= 4 is 6.16 Å². The summed E-state index contributed by atoms with van der Waals surface area (Å²) in [6.45, 7) is 3.11. The molecule has 1 aliphatic rings. The van der Waals surface area contributed by atoms with Crippen LogP contribution in [0.15, 0.2) is 0 Å². The monoisotopic (exact) mass is 194 g/mol. The van der Waals surface area contributed by atoms with Crippen molar-refractivity contribution in [1.29, 1.82) is 0 Å². The molecule has 0 amide bonds. The van der Waals surface area contributed by atoms with Crippen molar-refractivity contribution in [2.75, 3.05) is 26.4 Å². The molecule has 60 valence electrons. The quantitative estimate of drug-likeness (QED) is 0.358. The van der Waals surface area contributed by atoms with E-state index in [-0.39, 0.29) is 59.1 Å². The Bertz CT molecular complexity index is 80.3. The van der Waals surface area contributed by atoms with E-state index < -0.39 is 6.16 Å². The van der Waals surface area contributed by atoms with Crippen molar-refractivity contribution in [3.8, 4) is 0 Å². The van der Waals surface area contributed by atoms with Crippen molar-refractivity contribution in [1.82, 2.24) is 0 Å². The molecule has 1 rings (SSSR count). The van der Waals surface area contributed by atoms with Crippen LogP contribution in [0.5, 0.6) is 0 Å². The van der Waals surface area contributed by atoms with Gasteiger partial charge in [0.25, 0.3) is 0 Å². The molecule has 0 unspecified atom stereocenters. The van der Waals surface area contributed by atoms with Crippen LogP contribution in [0.1, 0.15) is 0 Å². The van der Waals surface area contributed by atoms with Crippen LogP contribution in [0.25, 0.3) is 0 Å². The minimum Gasteiger partial charge on any atom is -0.652 e. The first-order chi connectivity index (χ1) is 4.73. The second kappa shape index (κ2) is 14.7.